The maximum atomic E-state index is 8.78. The van der Waals surface area contributed by atoms with E-state index in [4.69, 9.17) is 9.84 Å². The van der Waals surface area contributed by atoms with Crippen LogP contribution in [-0.4, -0.2) is 27.6 Å². The number of aliphatic hydroxyl groups is 1. The van der Waals surface area contributed by atoms with Crippen LogP contribution in [-0.2, 0) is 17.9 Å². The third kappa shape index (κ3) is 3.57. The van der Waals surface area contributed by atoms with Crippen LogP contribution in [0.2, 0.25) is 0 Å². The molecule has 0 saturated carbocycles. The lowest BCUT2D eigenvalue weighted by atomic mass is 10.4. The minimum Gasteiger partial charge on any atom is -0.392 e. The first-order valence-corrected chi connectivity index (χ1v) is 4.46. The van der Waals surface area contributed by atoms with Gasteiger partial charge in [0.1, 0.15) is 0 Å². The zero-order valence-electron chi connectivity index (χ0n) is 8.10. The summed E-state index contributed by atoms with van der Waals surface area (Å²) in [5.74, 6) is 0. The normalized spacial score (nSPS) is 11.1. The first kappa shape index (κ1) is 10.2. The number of ether oxygens (including phenoxy) is 1. The van der Waals surface area contributed by atoms with Crippen molar-refractivity contribution in [3.63, 3.8) is 0 Å². The quantitative estimate of drug-likeness (QED) is 0.736. The van der Waals surface area contributed by atoms with Gasteiger partial charge in [0.25, 0.3) is 0 Å². The van der Waals surface area contributed by atoms with Crippen molar-refractivity contribution in [3.05, 3.63) is 18.0 Å². The Morgan fingerprint density at radius 3 is 2.92 bits per heavy atom. The van der Waals surface area contributed by atoms with E-state index in [0.29, 0.717) is 6.61 Å². The number of aromatic nitrogens is 2. The first-order valence-electron chi connectivity index (χ1n) is 4.46. The molecular weight excluding hydrogens is 168 g/mol. The van der Waals surface area contributed by atoms with E-state index in [2.05, 4.69) is 5.10 Å². The predicted octanol–water partition coefficient (Wildman–Crippen LogP) is 0.800. The Balaban J connectivity index is 2.28. The molecule has 0 aliphatic heterocycles. The fourth-order valence-corrected chi connectivity index (χ4v) is 0.992. The van der Waals surface area contributed by atoms with E-state index in [1.54, 1.807) is 10.9 Å². The molecule has 0 aromatic carbocycles. The SMILES string of the molecule is CC(C)OCCn1cc(CO)cn1. The van der Waals surface area contributed by atoms with Crippen LogP contribution in [0, 0.1) is 0 Å². The molecule has 4 nitrogen and oxygen atoms in total. The standard InChI is InChI=1S/C9H16N2O2/c1-8(2)13-4-3-11-6-9(7-12)5-10-11/h5-6,8,12H,3-4,7H2,1-2H3. The molecule has 74 valence electrons. The Labute approximate surface area is 78.1 Å². The highest BCUT2D eigenvalue weighted by molar-refractivity contribution is 5.01. The van der Waals surface area contributed by atoms with Gasteiger partial charge in [0, 0.05) is 11.8 Å². The molecule has 1 rings (SSSR count). The summed E-state index contributed by atoms with van der Waals surface area (Å²) in [4.78, 5) is 0. The molecule has 0 aliphatic rings. The van der Waals surface area contributed by atoms with E-state index in [9.17, 15) is 0 Å². The van der Waals surface area contributed by atoms with Crippen molar-refractivity contribution in [2.45, 2.75) is 33.1 Å². The molecule has 1 heterocycles. The van der Waals surface area contributed by atoms with Crippen molar-refractivity contribution in [1.29, 1.82) is 0 Å². The lowest BCUT2D eigenvalue weighted by Gasteiger charge is -2.06. The van der Waals surface area contributed by atoms with Gasteiger partial charge in [-0.3, -0.25) is 4.68 Å². The summed E-state index contributed by atoms with van der Waals surface area (Å²) < 4.78 is 7.14. The Bertz CT molecular complexity index is 246. The molecule has 0 bridgehead atoms. The molecule has 1 aromatic rings. The molecule has 0 radical (unpaired) electrons. The van der Waals surface area contributed by atoms with Crippen molar-refractivity contribution >= 4 is 0 Å². The largest absolute Gasteiger partial charge is 0.392 e. The summed E-state index contributed by atoms with van der Waals surface area (Å²) in [5, 5.41) is 12.8. The van der Waals surface area contributed by atoms with Gasteiger partial charge in [0.15, 0.2) is 0 Å². The zero-order valence-corrected chi connectivity index (χ0v) is 8.10. The minimum absolute atomic E-state index is 0.0467. The summed E-state index contributed by atoms with van der Waals surface area (Å²) in [6, 6.07) is 0. The van der Waals surface area contributed by atoms with Crippen molar-refractivity contribution < 1.29 is 9.84 Å². The third-order valence-corrected chi connectivity index (χ3v) is 1.64. The number of hydrogen-bond donors (Lipinski definition) is 1. The summed E-state index contributed by atoms with van der Waals surface area (Å²) >= 11 is 0. The van der Waals surface area contributed by atoms with Gasteiger partial charge in [0.2, 0.25) is 0 Å². The van der Waals surface area contributed by atoms with Crippen molar-refractivity contribution in [2.75, 3.05) is 6.61 Å². The van der Waals surface area contributed by atoms with E-state index >= 15 is 0 Å². The Hall–Kier alpha value is -0.870. The van der Waals surface area contributed by atoms with Gasteiger partial charge in [-0.25, -0.2) is 0 Å². The van der Waals surface area contributed by atoms with Gasteiger partial charge in [0.05, 0.1) is 32.1 Å². The van der Waals surface area contributed by atoms with Crippen LogP contribution in [0.5, 0.6) is 0 Å². The number of aliphatic hydroxyl groups excluding tert-OH is 1. The summed E-state index contributed by atoms with van der Waals surface area (Å²) in [6.45, 7) is 5.44. The number of rotatable bonds is 5. The molecule has 13 heavy (non-hydrogen) atoms. The summed E-state index contributed by atoms with van der Waals surface area (Å²) in [7, 11) is 0. The Kier molecular flexibility index (Phi) is 3.92. The van der Waals surface area contributed by atoms with Crippen LogP contribution in [0.25, 0.3) is 0 Å². The van der Waals surface area contributed by atoms with E-state index in [1.165, 1.54) is 0 Å². The smallest absolute Gasteiger partial charge is 0.0712 e. The monoisotopic (exact) mass is 184 g/mol. The van der Waals surface area contributed by atoms with Crippen LogP contribution in [0.15, 0.2) is 12.4 Å². The molecule has 0 saturated heterocycles. The van der Waals surface area contributed by atoms with Gasteiger partial charge < -0.3 is 9.84 Å². The average Bonchev–Trinajstić information content (AvgIpc) is 2.52. The molecule has 0 aliphatic carbocycles. The summed E-state index contributed by atoms with van der Waals surface area (Å²) in [5.41, 5.74) is 0.838. The highest BCUT2D eigenvalue weighted by Gasteiger charge is 1.97. The molecular formula is C9H16N2O2. The van der Waals surface area contributed by atoms with Crippen LogP contribution in [0.3, 0.4) is 0 Å². The Morgan fingerprint density at radius 1 is 1.62 bits per heavy atom. The second-order valence-corrected chi connectivity index (χ2v) is 3.19. The molecule has 0 unspecified atom stereocenters. The fraction of sp³-hybridized carbons (Fsp3) is 0.667. The first-order chi connectivity index (χ1) is 6.22. The topological polar surface area (TPSA) is 47.3 Å². The summed E-state index contributed by atoms with van der Waals surface area (Å²) in [6.07, 6.45) is 3.74. The van der Waals surface area contributed by atoms with Crippen molar-refractivity contribution in [2.24, 2.45) is 0 Å². The maximum Gasteiger partial charge on any atom is 0.0712 e. The molecule has 0 spiro atoms. The van der Waals surface area contributed by atoms with E-state index in [1.807, 2.05) is 20.0 Å². The van der Waals surface area contributed by atoms with E-state index < -0.39 is 0 Å². The van der Waals surface area contributed by atoms with Crippen molar-refractivity contribution in [3.8, 4) is 0 Å². The van der Waals surface area contributed by atoms with Crippen LogP contribution in [0.1, 0.15) is 19.4 Å². The highest BCUT2D eigenvalue weighted by Crippen LogP contribution is 1.97. The van der Waals surface area contributed by atoms with Gasteiger partial charge >= 0.3 is 0 Å². The van der Waals surface area contributed by atoms with E-state index in [0.717, 1.165) is 12.1 Å². The minimum atomic E-state index is 0.0467. The second-order valence-electron chi connectivity index (χ2n) is 3.19. The average molecular weight is 184 g/mol. The lowest BCUT2D eigenvalue weighted by molar-refractivity contribution is 0.0709. The van der Waals surface area contributed by atoms with Crippen LogP contribution < -0.4 is 0 Å². The number of nitrogens with zero attached hydrogens (tertiary/aromatic N) is 2. The van der Waals surface area contributed by atoms with Gasteiger partial charge in [-0.1, -0.05) is 0 Å². The molecule has 1 aromatic heterocycles. The highest BCUT2D eigenvalue weighted by atomic mass is 16.5. The van der Waals surface area contributed by atoms with E-state index in [-0.39, 0.29) is 12.7 Å². The molecule has 0 amide bonds. The van der Waals surface area contributed by atoms with Crippen molar-refractivity contribution in [1.82, 2.24) is 9.78 Å². The van der Waals surface area contributed by atoms with Gasteiger partial charge in [-0.15, -0.1) is 0 Å². The van der Waals surface area contributed by atoms with Crippen LogP contribution >= 0.6 is 0 Å². The number of hydrogen-bond acceptors (Lipinski definition) is 3. The lowest BCUT2D eigenvalue weighted by Crippen LogP contribution is -2.10. The maximum absolute atomic E-state index is 8.78. The predicted molar refractivity (Wildman–Crippen MR) is 49.2 cm³/mol. The fourth-order valence-electron chi connectivity index (χ4n) is 0.992. The molecule has 0 atom stereocenters. The third-order valence-electron chi connectivity index (χ3n) is 1.64. The molecule has 4 heteroatoms. The second kappa shape index (κ2) is 4.99. The zero-order chi connectivity index (χ0) is 9.68. The molecule has 1 N–H and O–H groups in total. The van der Waals surface area contributed by atoms with Crippen LogP contribution in [0.4, 0.5) is 0 Å². The van der Waals surface area contributed by atoms with Gasteiger partial charge in [-0.05, 0) is 13.8 Å². The Morgan fingerprint density at radius 2 is 2.38 bits per heavy atom. The molecule has 0 fully saturated rings. The van der Waals surface area contributed by atoms with Gasteiger partial charge in [-0.2, -0.15) is 5.10 Å².